The fourth-order valence-corrected chi connectivity index (χ4v) is 2.53. The largest absolute Gasteiger partial charge is 0.395 e. The van der Waals surface area contributed by atoms with E-state index in [9.17, 15) is 5.11 Å². The lowest BCUT2D eigenvalue weighted by molar-refractivity contribution is 0.166. The molecule has 0 spiro atoms. The molecule has 0 aliphatic carbocycles. The number of aromatic nitrogens is 2. The van der Waals surface area contributed by atoms with Crippen molar-refractivity contribution < 1.29 is 5.11 Å². The highest BCUT2D eigenvalue weighted by Gasteiger charge is 2.17. The molecule has 5 nitrogen and oxygen atoms in total. The van der Waals surface area contributed by atoms with Gasteiger partial charge >= 0.3 is 0 Å². The van der Waals surface area contributed by atoms with Crippen molar-refractivity contribution in [2.24, 2.45) is 5.73 Å². The monoisotopic (exact) mass is 338 g/mol. The second-order valence-corrected chi connectivity index (χ2v) is 6.45. The molecule has 6 heteroatoms. The Kier molecular flexibility index (Phi) is 7.72. The molecule has 0 saturated carbocycles. The zero-order valence-corrected chi connectivity index (χ0v) is 14.7. The standard InChI is InChI=1S/C17H26N4O.ClH/c1-17(2,18)14-20(8-9-22)11-16-10-19-21(13-16)12-15-6-4-3-5-7-15;/h3-7,10,13,22H,8-9,11-12,14,18H2,1-2H3;1H. The van der Waals surface area contributed by atoms with E-state index in [0.717, 1.165) is 25.2 Å². The van der Waals surface area contributed by atoms with Crippen molar-refractivity contribution in [2.75, 3.05) is 19.7 Å². The molecule has 23 heavy (non-hydrogen) atoms. The van der Waals surface area contributed by atoms with Crippen molar-refractivity contribution in [3.8, 4) is 0 Å². The van der Waals surface area contributed by atoms with Gasteiger partial charge in [0.25, 0.3) is 0 Å². The van der Waals surface area contributed by atoms with Crippen LogP contribution in [0.3, 0.4) is 0 Å². The first-order valence-electron chi connectivity index (χ1n) is 7.63. The van der Waals surface area contributed by atoms with Gasteiger partial charge < -0.3 is 10.8 Å². The van der Waals surface area contributed by atoms with E-state index in [1.165, 1.54) is 5.56 Å². The van der Waals surface area contributed by atoms with Gasteiger partial charge in [0.2, 0.25) is 0 Å². The summed E-state index contributed by atoms with van der Waals surface area (Å²) in [6, 6.07) is 10.3. The van der Waals surface area contributed by atoms with Crippen molar-refractivity contribution in [2.45, 2.75) is 32.5 Å². The minimum absolute atomic E-state index is 0. The molecule has 0 bridgehead atoms. The van der Waals surface area contributed by atoms with E-state index in [1.54, 1.807) is 0 Å². The zero-order valence-electron chi connectivity index (χ0n) is 13.9. The Labute approximate surface area is 144 Å². The molecule has 2 rings (SSSR count). The van der Waals surface area contributed by atoms with Gasteiger partial charge in [-0.3, -0.25) is 9.58 Å². The summed E-state index contributed by atoms with van der Waals surface area (Å²) in [5, 5.41) is 13.6. The lowest BCUT2D eigenvalue weighted by Crippen LogP contribution is -2.45. The molecule has 0 fully saturated rings. The zero-order chi connectivity index (χ0) is 16.0. The first-order chi connectivity index (χ1) is 10.5. The van der Waals surface area contributed by atoms with E-state index in [4.69, 9.17) is 5.73 Å². The van der Waals surface area contributed by atoms with Crippen LogP contribution in [0.2, 0.25) is 0 Å². The van der Waals surface area contributed by atoms with E-state index in [2.05, 4.69) is 28.3 Å². The van der Waals surface area contributed by atoms with Gasteiger partial charge in [-0.15, -0.1) is 12.4 Å². The summed E-state index contributed by atoms with van der Waals surface area (Å²) in [6.07, 6.45) is 3.94. The fraction of sp³-hybridized carbons (Fsp3) is 0.471. The summed E-state index contributed by atoms with van der Waals surface area (Å²) in [4.78, 5) is 2.16. The number of rotatable bonds is 8. The second-order valence-electron chi connectivity index (χ2n) is 6.45. The third-order valence-corrected chi connectivity index (χ3v) is 3.33. The third-order valence-electron chi connectivity index (χ3n) is 3.33. The van der Waals surface area contributed by atoms with Crippen LogP contribution in [-0.2, 0) is 13.1 Å². The maximum atomic E-state index is 9.21. The van der Waals surface area contributed by atoms with Crippen LogP contribution in [0.15, 0.2) is 42.7 Å². The highest BCUT2D eigenvalue weighted by molar-refractivity contribution is 5.85. The summed E-state index contributed by atoms with van der Waals surface area (Å²) in [5.41, 5.74) is 8.16. The molecular weight excluding hydrogens is 312 g/mol. The topological polar surface area (TPSA) is 67.3 Å². The number of benzene rings is 1. The first-order valence-corrected chi connectivity index (χ1v) is 7.63. The normalized spacial score (nSPS) is 11.5. The number of hydrogen-bond acceptors (Lipinski definition) is 4. The molecule has 1 heterocycles. The molecule has 1 aromatic heterocycles. The highest BCUT2D eigenvalue weighted by atomic mass is 35.5. The van der Waals surface area contributed by atoms with Crippen LogP contribution >= 0.6 is 12.4 Å². The third kappa shape index (κ3) is 7.14. The maximum Gasteiger partial charge on any atom is 0.0659 e. The lowest BCUT2D eigenvalue weighted by atomic mass is 10.1. The average Bonchev–Trinajstić information content (AvgIpc) is 2.85. The number of halogens is 1. The van der Waals surface area contributed by atoms with E-state index < -0.39 is 0 Å². The summed E-state index contributed by atoms with van der Waals surface area (Å²) >= 11 is 0. The van der Waals surface area contributed by atoms with Crippen LogP contribution < -0.4 is 5.73 Å². The average molecular weight is 339 g/mol. The van der Waals surface area contributed by atoms with E-state index in [1.807, 2.05) is 42.9 Å². The fourth-order valence-electron chi connectivity index (χ4n) is 2.53. The summed E-state index contributed by atoms with van der Waals surface area (Å²) in [5.74, 6) is 0. The quantitative estimate of drug-likeness (QED) is 0.771. The predicted octanol–water partition coefficient (Wildman–Crippen LogP) is 1.88. The Morgan fingerprint density at radius 2 is 1.91 bits per heavy atom. The van der Waals surface area contributed by atoms with Gasteiger partial charge in [-0.1, -0.05) is 30.3 Å². The molecule has 0 saturated heterocycles. The van der Waals surface area contributed by atoms with Crippen molar-refractivity contribution >= 4 is 12.4 Å². The van der Waals surface area contributed by atoms with E-state index in [0.29, 0.717) is 6.54 Å². The molecule has 0 amide bonds. The molecule has 2 aromatic rings. The smallest absolute Gasteiger partial charge is 0.0659 e. The van der Waals surface area contributed by atoms with Gasteiger partial charge in [0.15, 0.2) is 0 Å². The summed E-state index contributed by atoms with van der Waals surface area (Å²) in [6.45, 7) is 6.99. The van der Waals surface area contributed by atoms with Gasteiger partial charge in [0.05, 0.1) is 19.3 Å². The van der Waals surface area contributed by atoms with Crippen LogP contribution in [0.4, 0.5) is 0 Å². The second kappa shape index (κ2) is 9.03. The Balaban J connectivity index is 0.00000264. The van der Waals surface area contributed by atoms with Crippen LogP contribution in [0.25, 0.3) is 0 Å². The highest BCUT2D eigenvalue weighted by Crippen LogP contribution is 2.09. The van der Waals surface area contributed by atoms with Gasteiger partial charge in [0, 0.05) is 36.9 Å². The molecule has 0 atom stereocenters. The minimum Gasteiger partial charge on any atom is -0.395 e. The van der Waals surface area contributed by atoms with Crippen molar-refractivity contribution in [3.05, 3.63) is 53.9 Å². The minimum atomic E-state index is -0.283. The molecule has 0 radical (unpaired) electrons. The molecule has 0 aliphatic rings. The van der Waals surface area contributed by atoms with Crippen molar-refractivity contribution in [1.29, 1.82) is 0 Å². The van der Waals surface area contributed by atoms with E-state index >= 15 is 0 Å². The number of nitrogens with two attached hydrogens (primary N) is 1. The van der Waals surface area contributed by atoms with E-state index in [-0.39, 0.29) is 24.6 Å². The predicted molar refractivity (Wildman–Crippen MR) is 95.6 cm³/mol. The molecule has 0 aliphatic heterocycles. The van der Waals surface area contributed by atoms with Gasteiger partial charge in [-0.25, -0.2) is 0 Å². The van der Waals surface area contributed by atoms with Crippen LogP contribution in [0, 0.1) is 0 Å². The Morgan fingerprint density at radius 3 is 2.52 bits per heavy atom. The lowest BCUT2D eigenvalue weighted by Gasteiger charge is -2.28. The van der Waals surface area contributed by atoms with Crippen LogP contribution in [0.1, 0.15) is 25.0 Å². The van der Waals surface area contributed by atoms with Crippen LogP contribution in [-0.4, -0.2) is 45.0 Å². The number of aliphatic hydroxyl groups excluding tert-OH is 1. The van der Waals surface area contributed by atoms with Crippen molar-refractivity contribution in [1.82, 2.24) is 14.7 Å². The first kappa shape index (κ1) is 19.6. The Bertz CT molecular complexity index is 565. The molecule has 1 aromatic carbocycles. The molecule has 0 unspecified atom stereocenters. The van der Waals surface area contributed by atoms with Gasteiger partial charge in [-0.05, 0) is 19.4 Å². The maximum absolute atomic E-state index is 9.21. The molecule has 128 valence electrons. The molecular formula is C17H27ClN4O. The SMILES string of the molecule is CC(C)(N)CN(CCO)Cc1cnn(Cc2ccccc2)c1.Cl. The number of nitrogens with zero attached hydrogens (tertiary/aromatic N) is 3. The summed E-state index contributed by atoms with van der Waals surface area (Å²) < 4.78 is 1.94. The molecule has 3 N–H and O–H groups in total. The number of hydrogen-bond donors (Lipinski definition) is 2. The Morgan fingerprint density at radius 1 is 1.22 bits per heavy atom. The number of aliphatic hydroxyl groups is 1. The summed E-state index contributed by atoms with van der Waals surface area (Å²) in [7, 11) is 0. The van der Waals surface area contributed by atoms with Crippen molar-refractivity contribution in [3.63, 3.8) is 0 Å². The van der Waals surface area contributed by atoms with Gasteiger partial charge in [0.1, 0.15) is 0 Å². The Hall–Kier alpha value is -1.40. The van der Waals surface area contributed by atoms with Gasteiger partial charge in [-0.2, -0.15) is 5.10 Å². The van der Waals surface area contributed by atoms with Crippen LogP contribution in [0.5, 0.6) is 0 Å².